The monoisotopic (exact) mass is 148 g/mol. The van der Waals surface area contributed by atoms with Gasteiger partial charge in [-0.3, -0.25) is 4.79 Å². The van der Waals surface area contributed by atoms with Crippen molar-refractivity contribution >= 4 is 5.97 Å². The predicted octanol–water partition coefficient (Wildman–Crippen LogP) is -0.548. The van der Waals surface area contributed by atoms with Gasteiger partial charge in [-0.15, -0.1) is 0 Å². The van der Waals surface area contributed by atoms with Gasteiger partial charge in [0.2, 0.25) is 0 Å². The van der Waals surface area contributed by atoms with Gasteiger partial charge in [-0.2, -0.15) is 0 Å². The van der Waals surface area contributed by atoms with E-state index in [4.69, 9.17) is 15.3 Å². The molecule has 0 aliphatic rings. The summed E-state index contributed by atoms with van der Waals surface area (Å²) >= 11 is 0. The Labute approximate surface area is 59.1 Å². The number of aliphatic hydroxyl groups is 2. The van der Waals surface area contributed by atoms with Crippen molar-refractivity contribution in [2.75, 3.05) is 13.2 Å². The summed E-state index contributed by atoms with van der Waals surface area (Å²) in [5, 5.41) is 25.2. The zero-order valence-corrected chi connectivity index (χ0v) is 5.66. The smallest absolute Gasteiger partial charge is 0.303 e. The number of hydrogen-bond donors (Lipinski definition) is 3. The molecular weight excluding hydrogens is 136 g/mol. The number of carboxylic acid groups (broad SMARTS) is 1. The first-order chi connectivity index (χ1) is 4.70. The summed E-state index contributed by atoms with van der Waals surface area (Å²) in [5.41, 5.74) is 0. The van der Waals surface area contributed by atoms with Crippen LogP contribution in [0.1, 0.15) is 12.8 Å². The SMILES string of the molecule is O=C(O)CCC(CO)CO. The lowest BCUT2D eigenvalue weighted by molar-refractivity contribution is -0.137. The van der Waals surface area contributed by atoms with Crippen molar-refractivity contribution in [3.8, 4) is 0 Å². The lowest BCUT2D eigenvalue weighted by Crippen LogP contribution is -2.12. The van der Waals surface area contributed by atoms with Crippen LogP contribution < -0.4 is 0 Å². The van der Waals surface area contributed by atoms with Crippen molar-refractivity contribution in [1.82, 2.24) is 0 Å². The molecule has 0 heterocycles. The van der Waals surface area contributed by atoms with Gasteiger partial charge < -0.3 is 15.3 Å². The van der Waals surface area contributed by atoms with E-state index in [1.807, 2.05) is 0 Å². The molecule has 0 aliphatic heterocycles. The van der Waals surface area contributed by atoms with Gasteiger partial charge in [-0.1, -0.05) is 0 Å². The molecule has 0 saturated heterocycles. The van der Waals surface area contributed by atoms with Gasteiger partial charge in [0.25, 0.3) is 0 Å². The third-order valence-corrected chi connectivity index (χ3v) is 1.28. The molecular formula is C6H12O4. The van der Waals surface area contributed by atoms with E-state index in [1.54, 1.807) is 0 Å². The summed E-state index contributed by atoms with van der Waals surface area (Å²) in [4.78, 5) is 9.97. The van der Waals surface area contributed by atoms with Crippen molar-refractivity contribution < 1.29 is 20.1 Å². The Balaban J connectivity index is 3.34. The molecule has 0 spiro atoms. The van der Waals surface area contributed by atoms with E-state index in [9.17, 15) is 4.79 Å². The van der Waals surface area contributed by atoms with Crippen LogP contribution in [-0.4, -0.2) is 34.5 Å². The molecule has 4 nitrogen and oxygen atoms in total. The predicted molar refractivity (Wildman–Crippen MR) is 34.5 cm³/mol. The van der Waals surface area contributed by atoms with Crippen molar-refractivity contribution in [2.45, 2.75) is 12.8 Å². The number of carbonyl (C=O) groups is 1. The van der Waals surface area contributed by atoms with Crippen LogP contribution in [0.3, 0.4) is 0 Å². The highest BCUT2D eigenvalue weighted by Crippen LogP contribution is 2.03. The van der Waals surface area contributed by atoms with E-state index in [-0.39, 0.29) is 25.6 Å². The Morgan fingerprint density at radius 3 is 2.10 bits per heavy atom. The van der Waals surface area contributed by atoms with Gasteiger partial charge in [0.1, 0.15) is 0 Å². The van der Waals surface area contributed by atoms with E-state index < -0.39 is 5.97 Å². The minimum atomic E-state index is -0.896. The van der Waals surface area contributed by atoms with E-state index in [0.717, 1.165) is 0 Å². The van der Waals surface area contributed by atoms with E-state index in [1.165, 1.54) is 0 Å². The summed E-state index contributed by atoms with van der Waals surface area (Å²) in [5.74, 6) is -1.18. The first kappa shape index (κ1) is 9.39. The number of carboxylic acids is 1. The highest BCUT2D eigenvalue weighted by atomic mass is 16.4. The molecule has 0 unspecified atom stereocenters. The maximum atomic E-state index is 9.97. The normalized spacial score (nSPS) is 10.3. The quantitative estimate of drug-likeness (QED) is 0.489. The van der Waals surface area contributed by atoms with Crippen LogP contribution >= 0.6 is 0 Å². The average Bonchev–Trinajstić information content (AvgIpc) is 1.90. The Morgan fingerprint density at radius 2 is 1.80 bits per heavy atom. The maximum absolute atomic E-state index is 9.97. The van der Waals surface area contributed by atoms with Gasteiger partial charge in [-0.05, 0) is 6.42 Å². The van der Waals surface area contributed by atoms with Crippen LogP contribution in [0.2, 0.25) is 0 Å². The largest absolute Gasteiger partial charge is 0.481 e. The summed E-state index contributed by atoms with van der Waals surface area (Å²) in [6.45, 7) is -0.298. The van der Waals surface area contributed by atoms with Crippen molar-refractivity contribution in [1.29, 1.82) is 0 Å². The molecule has 3 N–H and O–H groups in total. The van der Waals surface area contributed by atoms with Crippen LogP contribution in [0.5, 0.6) is 0 Å². The van der Waals surface area contributed by atoms with Crippen LogP contribution in [0, 0.1) is 5.92 Å². The van der Waals surface area contributed by atoms with E-state index >= 15 is 0 Å². The lowest BCUT2D eigenvalue weighted by Gasteiger charge is -2.06. The molecule has 0 rings (SSSR count). The molecule has 0 aromatic rings. The average molecular weight is 148 g/mol. The zero-order chi connectivity index (χ0) is 7.98. The molecule has 10 heavy (non-hydrogen) atoms. The summed E-state index contributed by atoms with van der Waals surface area (Å²) in [6, 6.07) is 0. The summed E-state index contributed by atoms with van der Waals surface area (Å²) < 4.78 is 0. The fourth-order valence-electron chi connectivity index (χ4n) is 0.568. The van der Waals surface area contributed by atoms with Crippen LogP contribution in [0.25, 0.3) is 0 Å². The minimum absolute atomic E-state index is 0.00574. The van der Waals surface area contributed by atoms with E-state index in [2.05, 4.69) is 0 Å². The first-order valence-corrected chi connectivity index (χ1v) is 3.14. The van der Waals surface area contributed by atoms with Crippen molar-refractivity contribution in [3.05, 3.63) is 0 Å². The fraction of sp³-hybridized carbons (Fsp3) is 0.833. The molecule has 0 saturated carbocycles. The molecule has 0 radical (unpaired) electrons. The van der Waals surface area contributed by atoms with Gasteiger partial charge >= 0.3 is 5.97 Å². The third kappa shape index (κ3) is 4.29. The van der Waals surface area contributed by atoms with Crippen molar-refractivity contribution in [3.63, 3.8) is 0 Å². The first-order valence-electron chi connectivity index (χ1n) is 3.14. The molecule has 0 aliphatic carbocycles. The summed E-state index contributed by atoms with van der Waals surface area (Å²) in [6.07, 6.45) is 0.341. The lowest BCUT2D eigenvalue weighted by atomic mass is 10.1. The van der Waals surface area contributed by atoms with Crippen LogP contribution in [0.4, 0.5) is 0 Å². The Kier molecular flexibility index (Phi) is 4.88. The minimum Gasteiger partial charge on any atom is -0.481 e. The van der Waals surface area contributed by atoms with Crippen LogP contribution in [0.15, 0.2) is 0 Å². The second kappa shape index (κ2) is 5.20. The number of aliphatic hydroxyl groups excluding tert-OH is 2. The topological polar surface area (TPSA) is 77.8 Å². The van der Waals surface area contributed by atoms with Gasteiger partial charge in [0.15, 0.2) is 0 Å². The number of rotatable bonds is 5. The molecule has 0 fully saturated rings. The Morgan fingerprint density at radius 1 is 1.30 bits per heavy atom. The molecule has 60 valence electrons. The van der Waals surface area contributed by atoms with Gasteiger partial charge in [0.05, 0.1) is 0 Å². The highest BCUT2D eigenvalue weighted by Gasteiger charge is 2.07. The molecule has 0 amide bonds. The molecule has 0 aromatic carbocycles. The molecule has 0 aromatic heterocycles. The number of aliphatic carboxylic acids is 1. The van der Waals surface area contributed by atoms with Crippen molar-refractivity contribution in [2.24, 2.45) is 5.92 Å². The summed E-state index contributed by atoms with van der Waals surface area (Å²) in [7, 11) is 0. The van der Waals surface area contributed by atoms with E-state index in [0.29, 0.717) is 6.42 Å². The standard InChI is InChI=1S/C6H12O4/c7-3-5(4-8)1-2-6(9)10/h5,7-8H,1-4H2,(H,9,10). The zero-order valence-electron chi connectivity index (χ0n) is 5.66. The molecule has 0 bridgehead atoms. The second-order valence-electron chi connectivity index (χ2n) is 2.16. The third-order valence-electron chi connectivity index (χ3n) is 1.28. The Bertz CT molecular complexity index is 97.9. The number of hydrogen-bond acceptors (Lipinski definition) is 3. The fourth-order valence-corrected chi connectivity index (χ4v) is 0.568. The maximum Gasteiger partial charge on any atom is 0.303 e. The second-order valence-corrected chi connectivity index (χ2v) is 2.16. The van der Waals surface area contributed by atoms with Crippen LogP contribution in [-0.2, 0) is 4.79 Å². The van der Waals surface area contributed by atoms with Gasteiger partial charge in [0, 0.05) is 25.6 Å². The van der Waals surface area contributed by atoms with Gasteiger partial charge in [-0.25, -0.2) is 0 Å². The Hall–Kier alpha value is -0.610. The highest BCUT2D eigenvalue weighted by molar-refractivity contribution is 5.66. The molecule has 0 atom stereocenters. The molecule has 4 heteroatoms.